The van der Waals surface area contributed by atoms with Crippen molar-refractivity contribution in [3.63, 3.8) is 0 Å². The van der Waals surface area contributed by atoms with Crippen LogP contribution < -0.4 is 0 Å². The van der Waals surface area contributed by atoms with Crippen LogP contribution in [0.5, 0.6) is 0 Å². The summed E-state index contributed by atoms with van der Waals surface area (Å²) in [6.45, 7) is 5.44. The fourth-order valence-electron chi connectivity index (χ4n) is 1.11. The van der Waals surface area contributed by atoms with Crippen molar-refractivity contribution in [2.45, 2.75) is 32.7 Å². The van der Waals surface area contributed by atoms with E-state index in [1.807, 2.05) is 0 Å². The highest BCUT2D eigenvalue weighted by molar-refractivity contribution is 4.93. The minimum atomic E-state index is -0.772. The Balaban J connectivity index is 2.30. The van der Waals surface area contributed by atoms with Gasteiger partial charge in [-0.2, -0.15) is 0 Å². The van der Waals surface area contributed by atoms with Crippen molar-refractivity contribution in [3.8, 4) is 12.3 Å². The summed E-state index contributed by atoms with van der Waals surface area (Å²) in [4.78, 5) is 0. The van der Waals surface area contributed by atoms with E-state index in [1.165, 1.54) is 0 Å². The highest BCUT2D eigenvalue weighted by atomic mass is 16.7. The highest BCUT2D eigenvalue weighted by Crippen LogP contribution is 2.24. The van der Waals surface area contributed by atoms with Gasteiger partial charge in [0, 0.05) is 11.8 Å². The quantitative estimate of drug-likeness (QED) is 0.644. The first-order chi connectivity index (χ1) is 6.03. The topological polar surface area (TPSA) is 38.7 Å². The van der Waals surface area contributed by atoms with Gasteiger partial charge < -0.3 is 14.6 Å². The maximum Gasteiger partial charge on any atom is 0.161 e. The normalized spacial score (nSPS) is 25.1. The van der Waals surface area contributed by atoms with Crippen LogP contribution in [0.25, 0.3) is 0 Å². The predicted molar refractivity (Wildman–Crippen MR) is 48.9 cm³/mol. The average Bonchev–Trinajstić information content (AvgIpc) is 2.08. The number of hydrogen-bond donors (Lipinski definition) is 1. The van der Waals surface area contributed by atoms with E-state index in [0.29, 0.717) is 19.6 Å². The van der Waals surface area contributed by atoms with Crippen LogP contribution in [0.2, 0.25) is 0 Å². The molecule has 74 valence electrons. The number of aliphatic hydroxyl groups is 1. The molecule has 0 aromatic heterocycles. The van der Waals surface area contributed by atoms with E-state index in [1.54, 1.807) is 0 Å². The van der Waals surface area contributed by atoms with Crippen molar-refractivity contribution in [1.82, 2.24) is 0 Å². The molecule has 0 aromatic carbocycles. The molecule has 1 rings (SSSR count). The second-order valence-corrected chi connectivity index (χ2v) is 4.13. The summed E-state index contributed by atoms with van der Waals surface area (Å²) >= 11 is 0. The van der Waals surface area contributed by atoms with Crippen LogP contribution in [0, 0.1) is 17.8 Å². The van der Waals surface area contributed by atoms with Crippen LogP contribution in [0.1, 0.15) is 20.3 Å². The van der Waals surface area contributed by atoms with E-state index in [2.05, 4.69) is 19.8 Å². The van der Waals surface area contributed by atoms with Gasteiger partial charge in [-0.3, -0.25) is 0 Å². The van der Waals surface area contributed by atoms with Gasteiger partial charge in [0.05, 0.1) is 13.2 Å². The van der Waals surface area contributed by atoms with Crippen molar-refractivity contribution in [2.75, 3.05) is 13.2 Å². The van der Waals surface area contributed by atoms with Gasteiger partial charge in [-0.15, -0.1) is 6.42 Å². The molecule has 0 saturated carbocycles. The molecule has 0 amide bonds. The third-order valence-corrected chi connectivity index (χ3v) is 1.93. The van der Waals surface area contributed by atoms with Gasteiger partial charge in [0.25, 0.3) is 0 Å². The predicted octanol–water partition coefficient (Wildman–Crippen LogP) is 0.770. The fraction of sp³-hybridized carbons (Fsp3) is 0.800. The molecular formula is C10H16O3. The summed E-state index contributed by atoms with van der Waals surface area (Å²) in [5.41, 5.74) is 0.0671. The zero-order chi connectivity index (χ0) is 9.90. The lowest BCUT2D eigenvalue weighted by atomic mass is 9.95. The minimum Gasteiger partial charge on any atom is -0.380 e. The first kappa shape index (κ1) is 10.5. The Morgan fingerprint density at radius 2 is 2.08 bits per heavy atom. The monoisotopic (exact) mass is 184 g/mol. The van der Waals surface area contributed by atoms with Gasteiger partial charge in [-0.25, -0.2) is 0 Å². The molecule has 0 bridgehead atoms. The van der Waals surface area contributed by atoms with E-state index in [4.69, 9.17) is 21.0 Å². The Labute approximate surface area is 79.0 Å². The third-order valence-electron chi connectivity index (χ3n) is 1.93. The Morgan fingerprint density at radius 1 is 1.54 bits per heavy atom. The lowest BCUT2D eigenvalue weighted by molar-refractivity contribution is -0.228. The fourth-order valence-corrected chi connectivity index (χ4v) is 1.11. The molecule has 0 aliphatic carbocycles. The Bertz CT molecular complexity index is 195. The van der Waals surface area contributed by atoms with Gasteiger partial charge in [0.2, 0.25) is 0 Å². The molecular weight excluding hydrogens is 168 g/mol. The van der Waals surface area contributed by atoms with Crippen LogP contribution in [-0.2, 0) is 9.47 Å². The molecule has 0 unspecified atom stereocenters. The van der Waals surface area contributed by atoms with Crippen LogP contribution in [0.3, 0.4) is 0 Å². The molecule has 3 heteroatoms. The summed E-state index contributed by atoms with van der Waals surface area (Å²) in [6.07, 6.45) is 4.27. The van der Waals surface area contributed by atoms with Gasteiger partial charge in [0.15, 0.2) is 6.29 Å². The Kier molecular flexibility index (Phi) is 3.32. The number of rotatable bonds is 2. The van der Waals surface area contributed by atoms with Crippen LogP contribution in [-0.4, -0.2) is 30.7 Å². The third kappa shape index (κ3) is 3.35. The van der Waals surface area contributed by atoms with Gasteiger partial charge in [0.1, 0.15) is 6.10 Å². The SMILES string of the molecule is C#C[C@@H](O)CC1OCC(C)(C)CO1. The van der Waals surface area contributed by atoms with Crippen molar-refractivity contribution in [1.29, 1.82) is 0 Å². The second kappa shape index (κ2) is 4.10. The molecule has 1 heterocycles. The minimum absolute atomic E-state index is 0.0671. The van der Waals surface area contributed by atoms with Crippen molar-refractivity contribution < 1.29 is 14.6 Å². The Hall–Kier alpha value is -0.560. The van der Waals surface area contributed by atoms with Crippen LogP contribution >= 0.6 is 0 Å². The molecule has 1 fully saturated rings. The van der Waals surface area contributed by atoms with Gasteiger partial charge in [-0.1, -0.05) is 19.8 Å². The largest absolute Gasteiger partial charge is 0.380 e. The van der Waals surface area contributed by atoms with Gasteiger partial charge >= 0.3 is 0 Å². The first-order valence-electron chi connectivity index (χ1n) is 4.41. The van der Waals surface area contributed by atoms with Crippen molar-refractivity contribution >= 4 is 0 Å². The lowest BCUT2D eigenvalue weighted by Crippen LogP contribution is -2.39. The first-order valence-corrected chi connectivity index (χ1v) is 4.41. The highest BCUT2D eigenvalue weighted by Gasteiger charge is 2.28. The molecule has 0 radical (unpaired) electrons. The lowest BCUT2D eigenvalue weighted by Gasteiger charge is -2.34. The van der Waals surface area contributed by atoms with E-state index in [-0.39, 0.29) is 11.7 Å². The number of aliphatic hydroxyl groups excluding tert-OH is 1. The van der Waals surface area contributed by atoms with E-state index < -0.39 is 6.10 Å². The summed E-state index contributed by atoms with van der Waals surface area (Å²) in [7, 11) is 0. The zero-order valence-electron chi connectivity index (χ0n) is 8.12. The number of terminal acetylenes is 1. The average molecular weight is 184 g/mol. The Morgan fingerprint density at radius 3 is 2.54 bits per heavy atom. The molecule has 13 heavy (non-hydrogen) atoms. The summed E-state index contributed by atoms with van der Waals surface area (Å²) in [5, 5.41) is 9.14. The van der Waals surface area contributed by atoms with Crippen molar-refractivity contribution in [3.05, 3.63) is 0 Å². The zero-order valence-corrected chi connectivity index (χ0v) is 8.12. The standard InChI is InChI=1S/C10H16O3/c1-4-8(11)5-9-12-6-10(2,3)7-13-9/h1,8-9,11H,5-7H2,2-3H3/t8-/m1/s1. The molecule has 1 saturated heterocycles. The molecule has 1 N–H and O–H groups in total. The smallest absolute Gasteiger partial charge is 0.161 e. The molecule has 3 nitrogen and oxygen atoms in total. The molecule has 1 aliphatic heterocycles. The van der Waals surface area contributed by atoms with E-state index >= 15 is 0 Å². The van der Waals surface area contributed by atoms with E-state index in [9.17, 15) is 0 Å². The van der Waals surface area contributed by atoms with Crippen molar-refractivity contribution in [2.24, 2.45) is 5.41 Å². The molecule has 0 spiro atoms. The maximum atomic E-state index is 9.14. The van der Waals surface area contributed by atoms with Crippen LogP contribution in [0.15, 0.2) is 0 Å². The molecule has 1 aliphatic rings. The van der Waals surface area contributed by atoms with Gasteiger partial charge in [-0.05, 0) is 0 Å². The summed E-state index contributed by atoms with van der Waals surface area (Å²) in [5.74, 6) is 2.23. The summed E-state index contributed by atoms with van der Waals surface area (Å²) < 4.78 is 10.8. The van der Waals surface area contributed by atoms with E-state index in [0.717, 1.165) is 0 Å². The molecule has 0 aromatic rings. The number of hydrogen-bond acceptors (Lipinski definition) is 3. The van der Waals surface area contributed by atoms with Crippen LogP contribution in [0.4, 0.5) is 0 Å². The second-order valence-electron chi connectivity index (χ2n) is 4.13. The molecule has 1 atom stereocenters. The maximum absolute atomic E-state index is 9.14. The summed E-state index contributed by atoms with van der Waals surface area (Å²) in [6, 6.07) is 0. The number of ether oxygens (including phenoxy) is 2.